The molecule has 1 unspecified atom stereocenters. The molecule has 118 valence electrons. The average Bonchev–Trinajstić information content (AvgIpc) is 2.38. The molecule has 5 heteroatoms. The van der Waals surface area contributed by atoms with E-state index < -0.39 is 5.60 Å². The number of halogens is 1. The molecule has 0 aliphatic rings. The molecular formula is C16H25ClN2O2. The van der Waals surface area contributed by atoms with Crippen molar-refractivity contribution in [2.24, 2.45) is 0 Å². The normalized spacial score (nSPS) is 13.3. The molecule has 0 bridgehead atoms. The fraction of sp³-hybridized carbons (Fsp3) is 0.562. The number of hydrogen-bond acceptors (Lipinski definition) is 3. The number of likely N-dealkylation sites (N-methyl/N-ethyl adjacent to an activating group) is 1. The van der Waals surface area contributed by atoms with Gasteiger partial charge in [0, 0.05) is 17.3 Å². The lowest BCUT2D eigenvalue weighted by Crippen LogP contribution is -2.48. The maximum Gasteiger partial charge on any atom is 0.241 e. The third-order valence-electron chi connectivity index (χ3n) is 3.38. The highest BCUT2D eigenvalue weighted by Gasteiger charge is 2.25. The van der Waals surface area contributed by atoms with Crippen LogP contribution in [0.25, 0.3) is 0 Å². The number of aliphatic hydroxyl groups is 1. The van der Waals surface area contributed by atoms with E-state index in [9.17, 15) is 9.90 Å². The second kappa shape index (κ2) is 7.25. The lowest BCUT2D eigenvalue weighted by atomic mass is 10.1. The molecule has 0 radical (unpaired) electrons. The molecule has 1 rings (SSSR count). The first kappa shape index (κ1) is 18.0. The zero-order chi connectivity index (χ0) is 16.2. The maximum absolute atomic E-state index is 12.4. The van der Waals surface area contributed by atoms with E-state index in [1.807, 2.05) is 31.7 Å². The van der Waals surface area contributed by atoms with Gasteiger partial charge >= 0.3 is 0 Å². The Morgan fingerprint density at radius 2 is 2.10 bits per heavy atom. The number of aryl methyl sites for hydroxylation is 1. The fourth-order valence-electron chi connectivity index (χ4n) is 2.15. The van der Waals surface area contributed by atoms with Crippen molar-refractivity contribution in [2.45, 2.75) is 46.3 Å². The van der Waals surface area contributed by atoms with Crippen molar-refractivity contribution in [3.63, 3.8) is 0 Å². The predicted molar refractivity (Wildman–Crippen MR) is 87.8 cm³/mol. The van der Waals surface area contributed by atoms with E-state index in [-0.39, 0.29) is 11.9 Å². The Bertz CT molecular complexity index is 498. The molecular weight excluding hydrogens is 288 g/mol. The van der Waals surface area contributed by atoms with Crippen molar-refractivity contribution in [1.29, 1.82) is 0 Å². The van der Waals surface area contributed by atoms with Gasteiger partial charge in [0.15, 0.2) is 0 Å². The summed E-state index contributed by atoms with van der Waals surface area (Å²) in [5.74, 6) is -0.105. The van der Waals surface area contributed by atoms with E-state index in [1.54, 1.807) is 26.0 Å². The monoisotopic (exact) mass is 312 g/mol. The zero-order valence-corrected chi connectivity index (χ0v) is 14.2. The van der Waals surface area contributed by atoms with Crippen LogP contribution < -0.4 is 5.32 Å². The Kier molecular flexibility index (Phi) is 6.20. The van der Waals surface area contributed by atoms with Gasteiger partial charge in [0.05, 0.1) is 11.6 Å². The molecule has 1 atom stereocenters. The van der Waals surface area contributed by atoms with Crippen molar-refractivity contribution in [3.05, 3.63) is 28.8 Å². The quantitative estimate of drug-likeness (QED) is 0.849. The van der Waals surface area contributed by atoms with Crippen molar-refractivity contribution >= 4 is 23.2 Å². The summed E-state index contributed by atoms with van der Waals surface area (Å²) in [5, 5.41) is 13.4. The third kappa shape index (κ3) is 5.65. The van der Waals surface area contributed by atoms with Crippen LogP contribution in [-0.4, -0.2) is 40.6 Å². The van der Waals surface area contributed by atoms with Crippen LogP contribution in [0.1, 0.15) is 33.3 Å². The number of carbonyl (C=O) groups excluding carboxylic acids is 1. The van der Waals surface area contributed by atoms with Crippen LogP contribution in [0.15, 0.2) is 18.2 Å². The standard InChI is InChI=1S/C16H25ClN2O2/c1-6-19(10-16(4,5)21)12(3)15(20)18-14-9-13(17)8-7-11(14)2/h7-9,12,21H,6,10H2,1-5H3,(H,18,20). The van der Waals surface area contributed by atoms with E-state index in [0.29, 0.717) is 18.1 Å². The molecule has 2 N–H and O–H groups in total. The molecule has 0 fully saturated rings. The van der Waals surface area contributed by atoms with Gasteiger partial charge in [0.25, 0.3) is 0 Å². The summed E-state index contributed by atoms with van der Waals surface area (Å²) in [6.07, 6.45) is 0. The highest BCUT2D eigenvalue weighted by Crippen LogP contribution is 2.21. The first-order valence-corrected chi connectivity index (χ1v) is 7.55. The van der Waals surface area contributed by atoms with Gasteiger partial charge in [-0.1, -0.05) is 24.6 Å². The van der Waals surface area contributed by atoms with E-state index >= 15 is 0 Å². The minimum absolute atomic E-state index is 0.105. The Balaban J connectivity index is 2.79. The largest absolute Gasteiger partial charge is 0.389 e. The summed E-state index contributed by atoms with van der Waals surface area (Å²) in [5.41, 5.74) is 0.848. The average molecular weight is 313 g/mol. The summed E-state index contributed by atoms with van der Waals surface area (Å²) in [7, 11) is 0. The first-order valence-electron chi connectivity index (χ1n) is 7.17. The molecule has 0 aliphatic heterocycles. The zero-order valence-electron chi connectivity index (χ0n) is 13.4. The van der Waals surface area contributed by atoms with Gasteiger partial charge in [0.1, 0.15) is 0 Å². The highest BCUT2D eigenvalue weighted by atomic mass is 35.5. The lowest BCUT2D eigenvalue weighted by molar-refractivity contribution is -0.121. The number of carbonyl (C=O) groups is 1. The number of benzene rings is 1. The molecule has 0 saturated carbocycles. The van der Waals surface area contributed by atoms with Crippen LogP contribution in [0.5, 0.6) is 0 Å². The molecule has 21 heavy (non-hydrogen) atoms. The van der Waals surface area contributed by atoms with Gasteiger partial charge in [-0.15, -0.1) is 0 Å². The number of nitrogens with one attached hydrogen (secondary N) is 1. The van der Waals surface area contributed by atoms with Crippen LogP contribution in [-0.2, 0) is 4.79 Å². The van der Waals surface area contributed by atoms with Gasteiger partial charge in [-0.3, -0.25) is 9.69 Å². The Morgan fingerprint density at radius 1 is 1.48 bits per heavy atom. The highest BCUT2D eigenvalue weighted by molar-refractivity contribution is 6.31. The number of hydrogen-bond donors (Lipinski definition) is 2. The number of rotatable bonds is 6. The SMILES string of the molecule is CCN(CC(C)(C)O)C(C)C(=O)Nc1cc(Cl)ccc1C. The van der Waals surface area contributed by atoms with Crippen LogP contribution in [0.4, 0.5) is 5.69 Å². The lowest BCUT2D eigenvalue weighted by Gasteiger charge is -2.32. The summed E-state index contributed by atoms with van der Waals surface area (Å²) >= 11 is 5.96. The minimum atomic E-state index is -0.837. The molecule has 0 heterocycles. The van der Waals surface area contributed by atoms with Gasteiger partial charge < -0.3 is 10.4 Å². The van der Waals surface area contributed by atoms with Gasteiger partial charge in [-0.05, 0) is 51.9 Å². The predicted octanol–water partition coefficient (Wildman–Crippen LogP) is 3.07. The third-order valence-corrected chi connectivity index (χ3v) is 3.62. The smallest absolute Gasteiger partial charge is 0.241 e. The van der Waals surface area contributed by atoms with E-state index in [1.165, 1.54) is 0 Å². The van der Waals surface area contributed by atoms with E-state index in [0.717, 1.165) is 11.3 Å². The van der Waals surface area contributed by atoms with Crippen molar-refractivity contribution in [1.82, 2.24) is 4.90 Å². The van der Waals surface area contributed by atoms with Crippen LogP contribution in [0, 0.1) is 6.92 Å². The van der Waals surface area contributed by atoms with E-state index in [2.05, 4.69) is 5.32 Å². The second-order valence-electron chi connectivity index (χ2n) is 6.00. The molecule has 0 spiro atoms. The molecule has 4 nitrogen and oxygen atoms in total. The van der Waals surface area contributed by atoms with Crippen molar-refractivity contribution < 1.29 is 9.90 Å². The van der Waals surface area contributed by atoms with Crippen molar-refractivity contribution in [3.8, 4) is 0 Å². The summed E-state index contributed by atoms with van der Waals surface area (Å²) in [6, 6.07) is 5.08. The summed E-state index contributed by atoms with van der Waals surface area (Å²) in [4.78, 5) is 14.3. The molecule has 1 aromatic carbocycles. The minimum Gasteiger partial charge on any atom is -0.389 e. The molecule has 0 aromatic heterocycles. The van der Waals surface area contributed by atoms with Crippen LogP contribution in [0.3, 0.4) is 0 Å². The molecule has 0 aliphatic carbocycles. The van der Waals surface area contributed by atoms with Gasteiger partial charge in [-0.2, -0.15) is 0 Å². The summed E-state index contributed by atoms with van der Waals surface area (Å²) < 4.78 is 0. The second-order valence-corrected chi connectivity index (χ2v) is 6.44. The van der Waals surface area contributed by atoms with Crippen LogP contribution in [0.2, 0.25) is 5.02 Å². The van der Waals surface area contributed by atoms with Gasteiger partial charge in [0.2, 0.25) is 5.91 Å². The Morgan fingerprint density at radius 3 is 2.62 bits per heavy atom. The Hall–Kier alpha value is -1.10. The summed E-state index contributed by atoms with van der Waals surface area (Å²) in [6.45, 7) is 10.3. The topological polar surface area (TPSA) is 52.6 Å². The maximum atomic E-state index is 12.4. The Labute approximate surface area is 132 Å². The first-order chi connectivity index (χ1) is 9.64. The number of anilines is 1. The van der Waals surface area contributed by atoms with Crippen molar-refractivity contribution in [2.75, 3.05) is 18.4 Å². The van der Waals surface area contributed by atoms with E-state index in [4.69, 9.17) is 11.6 Å². The number of amides is 1. The number of nitrogens with zero attached hydrogens (tertiary/aromatic N) is 1. The molecule has 1 aromatic rings. The molecule has 0 saturated heterocycles. The fourth-order valence-corrected chi connectivity index (χ4v) is 2.32. The van der Waals surface area contributed by atoms with Gasteiger partial charge in [-0.25, -0.2) is 0 Å². The van der Waals surface area contributed by atoms with Crippen LogP contribution >= 0.6 is 11.6 Å². The molecule has 1 amide bonds.